The molecule has 388 valence electrons. The number of fused-ring (bicyclic) bond motifs is 2. The van der Waals surface area contributed by atoms with Crippen molar-refractivity contribution >= 4 is 23.4 Å². The number of nitrogens with zero attached hydrogens (tertiary/aromatic N) is 6. The molecule has 10 rings (SSSR count). The van der Waals surface area contributed by atoms with Gasteiger partial charge in [-0.15, -0.1) is 0 Å². The normalized spacial score (nSPS) is 16.9. The smallest absolute Gasteiger partial charge is 0.258 e. The van der Waals surface area contributed by atoms with Crippen molar-refractivity contribution in [3.8, 4) is 45.7 Å². The molecule has 1 atom stereocenters. The van der Waals surface area contributed by atoms with Crippen molar-refractivity contribution in [2.45, 2.75) is 64.6 Å². The second-order valence-electron chi connectivity index (χ2n) is 20.2. The summed E-state index contributed by atoms with van der Waals surface area (Å²) in [4.78, 5) is 53.5. The van der Waals surface area contributed by atoms with E-state index in [0.29, 0.717) is 109 Å². The number of piperidine rings is 1. The van der Waals surface area contributed by atoms with Crippen molar-refractivity contribution in [1.82, 2.24) is 24.2 Å². The lowest BCUT2D eigenvalue weighted by Gasteiger charge is -2.41. The summed E-state index contributed by atoms with van der Waals surface area (Å²) in [7, 11) is 3.38. The van der Waals surface area contributed by atoms with Gasteiger partial charge in [0.2, 0.25) is 5.91 Å². The molecule has 2 fully saturated rings. The number of aromatic nitrogens is 1. The van der Waals surface area contributed by atoms with Crippen LogP contribution in [-0.4, -0.2) is 126 Å². The third kappa shape index (κ3) is 11.0. The van der Waals surface area contributed by atoms with E-state index in [2.05, 4.69) is 39.4 Å². The highest BCUT2D eigenvalue weighted by atomic mass is 19.1. The van der Waals surface area contributed by atoms with E-state index < -0.39 is 11.7 Å². The zero-order valence-electron chi connectivity index (χ0n) is 43.0. The van der Waals surface area contributed by atoms with Gasteiger partial charge in [0.05, 0.1) is 43.6 Å². The van der Waals surface area contributed by atoms with Crippen molar-refractivity contribution in [2.24, 2.45) is 7.05 Å². The number of nitriles is 1. The molecule has 0 saturated carbocycles. The van der Waals surface area contributed by atoms with Crippen LogP contribution in [0.2, 0.25) is 0 Å². The highest BCUT2D eigenvalue weighted by Gasteiger charge is 2.37. The van der Waals surface area contributed by atoms with Crippen LogP contribution in [-0.2, 0) is 48.9 Å². The summed E-state index contributed by atoms with van der Waals surface area (Å²) in [5, 5.41) is 23.4. The van der Waals surface area contributed by atoms with Crippen LogP contribution >= 0.6 is 0 Å². The third-order valence-electron chi connectivity index (χ3n) is 15.5. The molecule has 14 nitrogen and oxygen atoms in total. The van der Waals surface area contributed by atoms with Crippen molar-refractivity contribution in [1.29, 1.82) is 5.26 Å². The highest BCUT2D eigenvalue weighted by molar-refractivity contribution is 6.13. The molecule has 2 saturated heterocycles. The zero-order valence-corrected chi connectivity index (χ0v) is 43.0. The molecule has 1 aromatic heterocycles. The van der Waals surface area contributed by atoms with Crippen LogP contribution in [0.25, 0.3) is 22.4 Å². The van der Waals surface area contributed by atoms with Gasteiger partial charge in [-0.3, -0.25) is 19.3 Å². The Kier molecular flexibility index (Phi) is 15.3. The second kappa shape index (κ2) is 22.5. The number of morpholine rings is 1. The molecule has 5 aromatic carbocycles. The number of anilines is 1. The Labute approximate surface area is 437 Å². The number of carbonyl (C=O) groups excluding carboxylic acids is 3. The number of aromatic hydroxyl groups is 1. The number of halogens is 1. The molecular formula is C60H64FN7O7. The van der Waals surface area contributed by atoms with Crippen molar-refractivity contribution in [3.63, 3.8) is 0 Å². The molecule has 0 bridgehead atoms. The van der Waals surface area contributed by atoms with Crippen molar-refractivity contribution in [3.05, 3.63) is 153 Å². The summed E-state index contributed by atoms with van der Waals surface area (Å²) in [5.74, 6) is -0.482. The molecule has 2 N–H and O–H groups in total. The maximum Gasteiger partial charge on any atom is 0.258 e. The monoisotopic (exact) mass is 1010 g/mol. The largest absolute Gasteiger partial charge is 0.508 e. The molecule has 3 amide bonds. The molecule has 5 heterocycles. The van der Waals surface area contributed by atoms with Gasteiger partial charge in [-0.25, -0.2) is 4.39 Å². The average molecular weight is 1010 g/mol. The number of phenolic OH excluding ortho intramolecular Hbond substituents is 1. The van der Waals surface area contributed by atoms with E-state index >= 15 is 9.18 Å². The Balaban J connectivity index is 1.05. The van der Waals surface area contributed by atoms with Gasteiger partial charge in [0.15, 0.2) is 0 Å². The molecule has 75 heavy (non-hydrogen) atoms. The summed E-state index contributed by atoms with van der Waals surface area (Å²) in [6, 6.07) is 30.6. The molecule has 0 unspecified atom stereocenters. The molecule has 0 spiro atoms. The van der Waals surface area contributed by atoms with Gasteiger partial charge < -0.3 is 43.9 Å². The Hall–Kier alpha value is -7.51. The van der Waals surface area contributed by atoms with Crippen LogP contribution in [0, 0.1) is 24.1 Å². The first-order valence-corrected chi connectivity index (χ1v) is 26.1. The van der Waals surface area contributed by atoms with Crippen LogP contribution in [0.5, 0.6) is 17.2 Å². The molecular weight excluding hydrogens is 950 g/mol. The van der Waals surface area contributed by atoms with E-state index in [-0.39, 0.29) is 47.7 Å². The number of nitrogens with one attached hydrogen (secondary N) is 1. The number of hydrogen-bond donors (Lipinski definition) is 2. The fourth-order valence-electron chi connectivity index (χ4n) is 11.3. The number of likely N-dealkylation sites (tertiary alicyclic amines) is 1. The lowest BCUT2D eigenvalue weighted by Crippen LogP contribution is -2.51. The van der Waals surface area contributed by atoms with Crippen LogP contribution in [0.3, 0.4) is 0 Å². The first-order valence-electron chi connectivity index (χ1n) is 26.1. The Bertz CT molecular complexity index is 3150. The van der Waals surface area contributed by atoms with Gasteiger partial charge in [0.1, 0.15) is 35.7 Å². The Morgan fingerprint density at radius 1 is 0.853 bits per heavy atom. The lowest BCUT2D eigenvalue weighted by molar-refractivity contribution is -0.131. The Morgan fingerprint density at radius 2 is 1.63 bits per heavy atom. The van der Waals surface area contributed by atoms with Gasteiger partial charge in [0.25, 0.3) is 11.8 Å². The van der Waals surface area contributed by atoms with Gasteiger partial charge in [0, 0.05) is 93.0 Å². The minimum Gasteiger partial charge on any atom is -0.508 e. The van der Waals surface area contributed by atoms with Gasteiger partial charge in [-0.2, -0.15) is 5.26 Å². The molecule has 6 aromatic rings. The van der Waals surface area contributed by atoms with Gasteiger partial charge in [-0.05, 0) is 134 Å². The van der Waals surface area contributed by atoms with E-state index in [4.69, 9.17) is 14.2 Å². The number of benzene rings is 5. The van der Waals surface area contributed by atoms with Crippen molar-refractivity contribution in [2.75, 3.05) is 78.1 Å². The summed E-state index contributed by atoms with van der Waals surface area (Å²) >= 11 is 0. The Morgan fingerprint density at radius 3 is 2.37 bits per heavy atom. The molecule has 4 aliphatic rings. The van der Waals surface area contributed by atoms with E-state index in [1.165, 1.54) is 37.3 Å². The summed E-state index contributed by atoms with van der Waals surface area (Å²) < 4.78 is 34.5. The minimum absolute atomic E-state index is 0.0574. The first kappa shape index (κ1) is 51.0. The predicted octanol–water partition coefficient (Wildman–Crippen LogP) is 8.54. The van der Waals surface area contributed by atoms with Crippen molar-refractivity contribution < 1.29 is 38.1 Å². The number of carbonyl (C=O) groups is 3. The quantitative estimate of drug-likeness (QED) is 0.102. The average Bonchev–Trinajstić information content (AvgIpc) is 3.71. The number of ether oxygens (including phenoxy) is 3. The number of rotatable bonds is 14. The maximum atomic E-state index is 16.0. The van der Waals surface area contributed by atoms with Crippen LogP contribution in [0.4, 0.5) is 10.1 Å². The predicted molar refractivity (Wildman–Crippen MR) is 284 cm³/mol. The fourth-order valence-corrected chi connectivity index (χ4v) is 11.3. The minimum atomic E-state index is -0.507. The molecule has 15 heteroatoms. The summed E-state index contributed by atoms with van der Waals surface area (Å²) in [6.45, 7) is 9.67. The molecule has 0 aliphatic carbocycles. The number of hydrogen-bond acceptors (Lipinski definition) is 10. The van der Waals surface area contributed by atoms with Gasteiger partial charge in [-0.1, -0.05) is 42.8 Å². The fraction of sp³-hybridized carbons (Fsp3) is 0.367. The van der Waals surface area contributed by atoms with E-state index in [1.807, 2.05) is 47.7 Å². The van der Waals surface area contributed by atoms with E-state index in [0.717, 1.165) is 62.3 Å². The zero-order chi connectivity index (χ0) is 52.2. The van der Waals surface area contributed by atoms with Crippen LogP contribution in [0.1, 0.15) is 79.1 Å². The third-order valence-corrected chi connectivity index (χ3v) is 15.5. The highest BCUT2D eigenvalue weighted by Crippen LogP contribution is 2.44. The van der Waals surface area contributed by atoms with Crippen LogP contribution in [0.15, 0.2) is 97.1 Å². The standard InChI is InChI=1S/C60H64FN7O7/c1-39-56(59(71)63-47-13-15-49(69)16-14-47)57(43-12-18-54(73-3)45(29-43)35-62)58(64(39)2)51-31-41-19-22-67(55(70)33-42-11-17-50(34-53(42)61)75-28-25-65-23-26-74-27-24-65)36-46(41)32-52(51)60(72)68-37-44-10-6-5-9-40(44)30-48(68)38-66-20-7-4-8-21-66/h5-6,9-18,29,31-32,34,48,69H,4,7-8,19-28,30,33,36-38H2,1-3H3,(H,63,71)/t48-/m0/s1. The van der Waals surface area contributed by atoms with E-state index in [1.54, 1.807) is 41.3 Å². The SMILES string of the molecule is COc1ccc(-c2c(C(=O)Nc3ccc(O)cc3)c(C)n(C)c2-c2cc3c(cc2C(=O)N2Cc4ccccc4C[C@H]2CN2CCCCC2)CN(C(=O)Cc2ccc(OCCN4CCOCC4)cc2F)CC3)cc1C#N. The number of amides is 3. The summed E-state index contributed by atoms with van der Waals surface area (Å²) in [6.07, 6.45) is 4.43. The van der Waals surface area contributed by atoms with Gasteiger partial charge >= 0.3 is 0 Å². The topological polar surface area (TPSA) is 153 Å². The summed E-state index contributed by atoms with van der Waals surface area (Å²) in [5.41, 5.74) is 8.78. The number of phenols is 1. The lowest BCUT2D eigenvalue weighted by atomic mass is 9.87. The molecule has 0 radical (unpaired) electrons. The molecule has 4 aliphatic heterocycles. The maximum absolute atomic E-state index is 16.0. The first-order chi connectivity index (χ1) is 36.5. The van der Waals surface area contributed by atoms with E-state index in [9.17, 15) is 20.0 Å². The van der Waals surface area contributed by atoms with Crippen LogP contribution < -0.4 is 14.8 Å². The number of methoxy groups -OCH3 is 1. The second-order valence-corrected chi connectivity index (χ2v) is 20.2.